The molecule has 1 heterocycles. The second kappa shape index (κ2) is 6.83. The van der Waals surface area contributed by atoms with E-state index in [1.54, 1.807) is 23.0 Å². The van der Waals surface area contributed by atoms with Gasteiger partial charge in [-0.3, -0.25) is 4.68 Å². The highest BCUT2D eigenvalue weighted by atomic mass is 32.2. The van der Waals surface area contributed by atoms with E-state index in [9.17, 15) is 9.32 Å². The molecular weight excluding hydrogens is 386 g/mol. The SMILES string of the molecule is Cn1ncc2cc(S(N)(=O)=NC(O)Nc3c4c(cc5c3CCC5)CCC4)ccc21. The molecule has 152 valence electrons. The third-order valence-electron chi connectivity index (χ3n) is 6.06. The summed E-state index contributed by atoms with van der Waals surface area (Å²) in [4.78, 5) is 0.377. The fourth-order valence-electron chi connectivity index (χ4n) is 4.68. The van der Waals surface area contributed by atoms with Gasteiger partial charge in [0.05, 0.1) is 16.6 Å². The molecule has 7 nitrogen and oxygen atoms in total. The summed E-state index contributed by atoms with van der Waals surface area (Å²) in [6.45, 7) is 0. The maximum Gasteiger partial charge on any atom is 0.233 e. The highest BCUT2D eigenvalue weighted by Gasteiger charge is 2.25. The van der Waals surface area contributed by atoms with E-state index in [0.29, 0.717) is 4.90 Å². The van der Waals surface area contributed by atoms with E-state index < -0.39 is 16.3 Å². The number of fused-ring (bicyclic) bond motifs is 3. The summed E-state index contributed by atoms with van der Waals surface area (Å²) < 4.78 is 18.9. The number of nitrogens with one attached hydrogen (secondary N) is 1. The molecule has 29 heavy (non-hydrogen) atoms. The van der Waals surface area contributed by atoms with Crippen LogP contribution >= 0.6 is 0 Å². The van der Waals surface area contributed by atoms with E-state index in [2.05, 4.69) is 20.8 Å². The van der Waals surface area contributed by atoms with Crippen molar-refractivity contribution in [3.05, 3.63) is 52.7 Å². The molecule has 5 rings (SSSR count). The number of aliphatic hydroxyl groups is 1. The molecule has 3 aromatic rings. The molecule has 8 heteroatoms. The molecular formula is C21H25N5O2S. The molecule has 0 saturated heterocycles. The molecule has 0 radical (unpaired) electrons. The number of benzene rings is 2. The molecule has 2 aliphatic carbocycles. The van der Waals surface area contributed by atoms with Crippen molar-refractivity contribution in [2.75, 3.05) is 5.32 Å². The number of nitrogens with two attached hydrogens (primary N) is 1. The minimum absolute atomic E-state index is 0.377. The summed E-state index contributed by atoms with van der Waals surface area (Å²) in [5, 5.41) is 24.8. The number of hydrogen-bond acceptors (Lipinski definition) is 5. The van der Waals surface area contributed by atoms with Gasteiger partial charge >= 0.3 is 0 Å². The second-order valence-corrected chi connectivity index (χ2v) is 9.73. The Balaban J connectivity index is 1.49. The first-order valence-corrected chi connectivity index (χ1v) is 11.6. The number of aliphatic hydroxyl groups excluding tert-OH is 1. The van der Waals surface area contributed by atoms with Gasteiger partial charge in [-0.25, -0.2) is 9.35 Å². The molecule has 2 atom stereocenters. The number of aromatic nitrogens is 2. The van der Waals surface area contributed by atoms with Gasteiger partial charge in [0, 0.05) is 18.1 Å². The van der Waals surface area contributed by atoms with E-state index in [4.69, 9.17) is 5.14 Å². The normalized spacial score (nSPS) is 18.3. The van der Waals surface area contributed by atoms with Crippen LogP contribution in [0.2, 0.25) is 0 Å². The van der Waals surface area contributed by atoms with E-state index in [1.807, 2.05) is 13.1 Å². The predicted octanol–water partition coefficient (Wildman–Crippen LogP) is 2.64. The minimum atomic E-state index is -3.26. The molecule has 2 aliphatic rings. The van der Waals surface area contributed by atoms with Crippen LogP contribution in [0.4, 0.5) is 5.69 Å². The predicted molar refractivity (Wildman–Crippen MR) is 114 cm³/mol. The van der Waals surface area contributed by atoms with Crippen LogP contribution in [0.3, 0.4) is 0 Å². The van der Waals surface area contributed by atoms with Gasteiger partial charge in [-0.05, 0) is 79.0 Å². The van der Waals surface area contributed by atoms with Gasteiger partial charge in [0.2, 0.25) is 6.35 Å². The van der Waals surface area contributed by atoms with Crippen LogP contribution in [0.5, 0.6) is 0 Å². The lowest BCUT2D eigenvalue weighted by Gasteiger charge is -2.19. The van der Waals surface area contributed by atoms with E-state index >= 15 is 0 Å². The van der Waals surface area contributed by atoms with Crippen molar-refractivity contribution in [3.8, 4) is 0 Å². The van der Waals surface area contributed by atoms with Crippen molar-refractivity contribution < 1.29 is 9.32 Å². The van der Waals surface area contributed by atoms with E-state index in [1.165, 1.54) is 22.3 Å². The lowest BCUT2D eigenvalue weighted by molar-refractivity contribution is 0.216. The van der Waals surface area contributed by atoms with Crippen molar-refractivity contribution in [2.45, 2.75) is 49.8 Å². The lowest BCUT2D eigenvalue weighted by Crippen LogP contribution is -2.23. The van der Waals surface area contributed by atoms with Gasteiger partial charge in [-0.2, -0.15) is 9.46 Å². The van der Waals surface area contributed by atoms with Gasteiger partial charge < -0.3 is 10.4 Å². The summed E-state index contributed by atoms with van der Waals surface area (Å²) in [5.41, 5.74) is 7.13. The molecule has 0 fully saturated rings. The number of nitrogens with zero attached hydrogens (tertiary/aromatic N) is 3. The zero-order chi connectivity index (χ0) is 20.2. The fraction of sp³-hybridized carbons (Fsp3) is 0.381. The Morgan fingerprint density at radius 1 is 1.17 bits per heavy atom. The largest absolute Gasteiger partial charge is 0.355 e. The average Bonchev–Trinajstić information content (AvgIpc) is 3.41. The van der Waals surface area contributed by atoms with Gasteiger partial charge in [0.1, 0.15) is 9.92 Å². The van der Waals surface area contributed by atoms with Crippen molar-refractivity contribution in [2.24, 2.45) is 16.5 Å². The molecule has 0 aliphatic heterocycles. The molecule has 2 aromatic carbocycles. The van der Waals surface area contributed by atoms with Crippen LogP contribution < -0.4 is 10.5 Å². The average molecular weight is 412 g/mol. The Hall–Kier alpha value is -2.42. The molecule has 1 aromatic heterocycles. The Bertz CT molecular complexity index is 1210. The maximum absolute atomic E-state index is 13.1. The molecule has 0 bridgehead atoms. The quantitative estimate of drug-likeness (QED) is 0.574. The fourth-order valence-corrected chi connectivity index (χ4v) is 5.71. The van der Waals surface area contributed by atoms with Crippen LogP contribution in [0.25, 0.3) is 10.9 Å². The van der Waals surface area contributed by atoms with Crippen LogP contribution in [0.1, 0.15) is 35.1 Å². The van der Waals surface area contributed by atoms with Crippen molar-refractivity contribution >= 4 is 26.5 Å². The van der Waals surface area contributed by atoms with Gasteiger partial charge in [0.25, 0.3) is 0 Å². The molecule has 4 N–H and O–H groups in total. The zero-order valence-electron chi connectivity index (χ0n) is 16.4. The maximum atomic E-state index is 13.1. The molecule has 0 amide bonds. The number of hydrogen-bond donors (Lipinski definition) is 3. The van der Waals surface area contributed by atoms with Crippen LogP contribution in [-0.4, -0.2) is 25.4 Å². The van der Waals surface area contributed by atoms with Crippen LogP contribution in [-0.2, 0) is 42.6 Å². The monoisotopic (exact) mass is 411 g/mol. The Morgan fingerprint density at radius 2 is 1.86 bits per heavy atom. The number of rotatable bonds is 4. The van der Waals surface area contributed by atoms with E-state index in [-0.39, 0.29) is 0 Å². The summed E-state index contributed by atoms with van der Waals surface area (Å²) in [5.74, 6) is 0. The highest BCUT2D eigenvalue weighted by molar-refractivity contribution is 7.91. The summed E-state index contributed by atoms with van der Waals surface area (Å²) >= 11 is 0. The summed E-state index contributed by atoms with van der Waals surface area (Å²) in [6, 6.07) is 7.55. The first-order valence-electron chi connectivity index (χ1n) is 9.99. The van der Waals surface area contributed by atoms with Crippen molar-refractivity contribution in [1.82, 2.24) is 9.78 Å². The number of anilines is 1. The molecule has 0 spiro atoms. The second-order valence-electron chi connectivity index (χ2n) is 7.91. The topological polar surface area (TPSA) is 106 Å². The standard InChI is InChI=1S/C21H25N5O2S/c1-26-19-9-8-16(11-15(19)12-23-26)29(22,28)25-21(27)24-20-17-6-2-4-13(17)10-14-5-3-7-18(14)20/h8-12,21,24,27H,2-7H2,1H3,(H2,22,25,28). The van der Waals surface area contributed by atoms with E-state index in [0.717, 1.165) is 55.1 Å². The van der Waals surface area contributed by atoms with Gasteiger partial charge in [-0.1, -0.05) is 6.07 Å². The Morgan fingerprint density at radius 3 is 2.55 bits per heavy atom. The zero-order valence-corrected chi connectivity index (χ0v) is 17.2. The minimum Gasteiger partial charge on any atom is -0.355 e. The summed E-state index contributed by atoms with van der Waals surface area (Å²) in [6.07, 6.45) is 6.74. The third kappa shape index (κ3) is 3.21. The number of aryl methyl sites for hydroxylation is 3. The first kappa shape index (κ1) is 18.6. The lowest BCUT2D eigenvalue weighted by atomic mass is 9.99. The third-order valence-corrected chi connectivity index (χ3v) is 7.50. The Kier molecular flexibility index (Phi) is 4.38. The van der Waals surface area contributed by atoms with Crippen LogP contribution in [0, 0.1) is 0 Å². The molecule has 2 unspecified atom stereocenters. The first-order chi connectivity index (χ1) is 13.9. The van der Waals surface area contributed by atoms with Gasteiger partial charge in [-0.15, -0.1) is 0 Å². The van der Waals surface area contributed by atoms with Crippen molar-refractivity contribution in [1.29, 1.82) is 0 Å². The Labute approximate surface area is 170 Å². The van der Waals surface area contributed by atoms with Gasteiger partial charge in [0.15, 0.2) is 0 Å². The van der Waals surface area contributed by atoms with Crippen LogP contribution in [0.15, 0.2) is 39.7 Å². The summed E-state index contributed by atoms with van der Waals surface area (Å²) in [7, 11) is -1.42. The van der Waals surface area contributed by atoms with Crippen molar-refractivity contribution in [3.63, 3.8) is 0 Å². The smallest absolute Gasteiger partial charge is 0.233 e. The molecule has 0 saturated carbocycles. The highest BCUT2D eigenvalue weighted by Crippen LogP contribution is 2.38.